The van der Waals surface area contributed by atoms with E-state index >= 15 is 0 Å². The highest BCUT2D eigenvalue weighted by molar-refractivity contribution is 6.46. The van der Waals surface area contributed by atoms with Crippen LogP contribution < -0.4 is 9.47 Å². The fraction of sp³-hybridized carbons (Fsp3) is 0.226. The van der Waals surface area contributed by atoms with Gasteiger partial charge in [-0.2, -0.15) is 0 Å². The third kappa shape index (κ3) is 4.52. The molecule has 4 aromatic rings. The summed E-state index contributed by atoms with van der Waals surface area (Å²) in [6.07, 6.45) is 3.30. The minimum atomic E-state index is -0.716. The number of carbonyl (C=O) groups is 2. The molecule has 0 spiro atoms. The van der Waals surface area contributed by atoms with Gasteiger partial charge in [0, 0.05) is 29.2 Å². The number of methoxy groups -OCH3 is 2. The number of aliphatic hydroxyl groups is 1. The number of likely N-dealkylation sites (tertiary alicyclic amines) is 1. The summed E-state index contributed by atoms with van der Waals surface area (Å²) in [5, 5.41) is 12.3. The summed E-state index contributed by atoms with van der Waals surface area (Å²) in [7, 11) is 3.16. The van der Waals surface area contributed by atoms with Crippen LogP contribution in [0.15, 0.2) is 78.5 Å². The van der Waals surface area contributed by atoms with E-state index in [-0.39, 0.29) is 11.3 Å². The maximum absolute atomic E-state index is 13.4. The molecule has 7 nitrogen and oxygen atoms in total. The average Bonchev–Trinajstić information content (AvgIpc) is 3.48. The number of H-pyrrole nitrogens is 1. The van der Waals surface area contributed by atoms with E-state index in [9.17, 15) is 14.7 Å². The van der Waals surface area contributed by atoms with Gasteiger partial charge in [0.25, 0.3) is 11.7 Å². The molecule has 1 fully saturated rings. The number of aromatic nitrogens is 1. The van der Waals surface area contributed by atoms with E-state index in [1.165, 1.54) is 7.11 Å². The lowest BCUT2D eigenvalue weighted by Crippen LogP contribution is -2.31. The van der Waals surface area contributed by atoms with Gasteiger partial charge in [-0.15, -0.1) is 0 Å². The molecule has 7 heteroatoms. The first kappa shape index (κ1) is 25.1. The minimum Gasteiger partial charge on any atom is -0.507 e. The van der Waals surface area contributed by atoms with Gasteiger partial charge < -0.3 is 24.5 Å². The Labute approximate surface area is 221 Å². The largest absolute Gasteiger partial charge is 0.507 e. The lowest BCUT2D eigenvalue weighted by Gasteiger charge is -2.25. The fourth-order valence-electron chi connectivity index (χ4n) is 5.05. The molecule has 194 valence electrons. The number of hydrogen-bond acceptors (Lipinski definition) is 5. The Morgan fingerprint density at radius 1 is 0.974 bits per heavy atom. The standard InChI is InChI=1S/C31H30N2O5/c1-4-19-8-10-20(11-9-19)28-27(29(34)21-6-5-7-23(16-21)37-2)30(35)31(36)33(28)15-14-22-18-32-26-13-12-24(38-3)17-25(22)26/h5-13,16-18,28,32,34H,4,14-15H2,1-3H3/t28-/m1/s1. The zero-order valence-corrected chi connectivity index (χ0v) is 21.7. The molecule has 3 aromatic carbocycles. The average molecular weight is 511 g/mol. The van der Waals surface area contributed by atoms with Crippen molar-refractivity contribution in [2.24, 2.45) is 0 Å². The SMILES string of the molecule is CCc1ccc([C@@H]2C(=C(O)c3cccc(OC)c3)C(=O)C(=O)N2CCc2c[nH]c3ccc(OC)cc23)cc1. The monoisotopic (exact) mass is 510 g/mol. The van der Waals surface area contributed by atoms with E-state index in [1.807, 2.05) is 48.7 Å². The smallest absolute Gasteiger partial charge is 0.295 e. The van der Waals surface area contributed by atoms with Gasteiger partial charge in [-0.25, -0.2) is 0 Å². The number of Topliss-reactive ketones (excluding diaryl/α,β-unsaturated/α-hetero) is 1. The van der Waals surface area contributed by atoms with Gasteiger partial charge in [-0.3, -0.25) is 9.59 Å². The number of nitrogens with zero attached hydrogens (tertiary/aromatic N) is 1. The van der Waals surface area contributed by atoms with Crippen molar-refractivity contribution in [2.45, 2.75) is 25.8 Å². The van der Waals surface area contributed by atoms with Crippen LogP contribution in [0.4, 0.5) is 0 Å². The number of aliphatic hydroxyl groups excluding tert-OH is 1. The number of amides is 1. The van der Waals surface area contributed by atoms with Crippen molar-refractivity contribution >= 4 is 28.4 Å². The number of fused-ring (bicyclic) bond motifs is 1. The summed E-state index contributed by atoms with van der Waals surface area (Å²) in [5.41, 5.74) is 4.38. The first-order chi connectivity index (χ1) is 18.4. The third-order valence-corrected chi connectivity index (χ3v) is 7.18. The Hall–Kier alpha value is -4.52. The molecule has 0 radical (unpaired) electrons. The van der Waals surface area contributed by atoms with Gasteiger partial charge in [0.05, 0.1) is 25.8 Å². The number of rotatable bonds is 8. The lowest BCUT2D eigenvalue weighted by molar-refractivity contribution is -0.139. The quantitative estimate of drug-likeness (QED) is 0.188. The molecular weight excluding hydrogens is 480 g/mol. The van der Waals surface area contributed by atoms with Gasteiger partial charge in [0.2, 0.25) is 0 Å². The molecule has 0 saturated carbocycles. The van der Waals surface area contributed by atoms with Gasteiger partial charge in [0.1, 0.15) is 17.3 Å². The first-order valence-electron chi connectivity index (χ1n) is 12.6. The number of ether oxygens (including phenoxy) is 2. The molecule has 1 aromatic heterocycles. The first-order valence-corrected chi connectivity index (χ1v) is 12.6. The van der Waals surface area contributed by atoms with Crippen molar-refractivity contribution < 1.29 is 24.2 Å². The van der Waals surface area contributed by atoms with Crippen LogP contribution in [-0.4, -0.2) is 47.4 Å². The van der Waals surface area contributed by atoms with Crippen LogP contribution in [0.2, 0.25) is 0 Å². The van der Waals surface area contributed by atoms with Crippen LogP contribution >= 0.6 is 0 Å². The van der Waals surface area contributed by atoms with Crippen LogP contribution in [0.25, 0.3) is 16.7 Å². The Kier molecular flexibility index (Phi) is 6.92. The lowest BCUT2D eigenvalue weighted by atomic mass is 9.94. The van der Waals surface area contributed by atoms with Crippen LogP contribution in [0.5, 0.6) is 11.5 Å². The molecule has 1 amide bonds. The summed E-state index contributed by atoms with van der Waals surface area (Å²) >= 11 is 0. The van der Waals surface area contributed by atoms with Crippen molar-refractivity contribution in [3.8, 4) is 11.5 Å². The predicted octanol–water partition coefficient (Wildman–Crippen LogP) is 5.41. The predicted molar refractivity (Wildman–Crippen MR) is 146 cm³/mol. The number of aryl methyl sites for hydroxylation is 1. The number of benzene rings is 3. The minimum absolute atomic E-state index is 0.0769. The van der Waals surface area contributed by atoms with Crippen molar-refractivity contribution in [3.63, 3.8) is 0 Å². The van der Waals surface area contributed by atoms with E-state index in [0.29, 0.717) is 24.3 Å². The van der Waals surface area contributed by atoms with Crippen molar-refractivity contribution in [2.75, 3.05) is 20.8 Å². The molecule has 0 unspecified atom stereocenters. The topological polar surface area (TPSA) is 91.9 Å². The Bertz CT molecular complexity index is 1530. The van der Waals surface area contributed by atoms with E-state index in [4.69, 9.17) is 9.47 Å². The zero-order valence-electron chi connectivity index (χ0n) is 21.7. The Balaban J connectivity index is 1.56. The van der Waals surface area contributed by atoms with Crippen LogP contribution in [-0.2, 0) is 22.4 Å². The summed E-state index contributed by atoms with van der Waals surface area (Å²) in [6, 6.07) is 19.8. The van der Waals surface area contributed by atoms with Crippen molar-refractivity contribution in [1.82, 2.24) is 9.88 Å². The molecule has 2 N–H and O–H groups in total. The number of nitrogens with one attached hydrogen (secondary N) is 1. The van der Waals surface area contributed by atoms with Gasteiger partial charge in [0.15, 0.2) is 0 Å². The number of carbonyl (C=O) groups excluding carboxylic acids is 2. The molecule has 1 saturated heterocycles. The van der Waals surface area contributed by atoms with E-state index < -0.39 is 17.7 Å². The zero-order chi connectivity index (χ0) is 26.8. The molecule has 1 aliphatic rings. The maximum Gasteiger partial charge on any atom is 0.295 e. The van der Waals surface area contributed by atoms with Crippen molar-refractivity contribution in [3.05, 3.63) is 101 Å². The highest BCUT2D eigenvalue weighted by Crippen LogP contribution is 2.40. The normalized spacial score (nSPS) is 16.8. The summed E-state index contributed by atoms with van der Waals surface area (Å²) in [6.45, 7) is 2.36. The Morgan fingerprint density at radius 2 is 1.71 bits per heavy atom. The highest BCUT2D eigenvalue weighted by atomic mass is 16.5. The van der Waals surface area contributed by atoms with E-state index in [0.717, 1.165) is 39.8 Å². The van der Waals surface area contributed by atoms with E-state index in [1.54, 1.807) is 36.3 Å². The second kappa shape index (κ2) is 10.5. The second-order valence-electron chi connectivity index (χ2n) is 9.30. The summed E-state index contributed by atoms with van der Waals surface area (Å²) < 4.78 is 10.7. The molecular formula is C31H30N2O5. The maximum atomic E-state index is 13.4. The van der Waals surface area contributed by atoms with Crippen LogP contribution in [0.1, 0.15) is 35.2 Å². The van der Waals surface area contributed by atoms with Crippen LogP contribution in [0, 0.1) is 0 Å². The molecule has 0 bridgehead atoms. The van der Waals surface area contributed by atoms with Gasteiger partial charge in [-0.05, 0) is 59.9 Å². The summed E-state index contributed by atoms with van der Waals surface area (Å²) in [4.78, 5) is 31.6. The second-order valence-corrected chi connectivity index (χ2v) is 9.30. The molecule has 38 heavy (non-hydrogen) atoms. The number of aromatic amines is 1. The number of hydrogen-bond donors (Lipinski definition) is 2. The van der Waals surface area contributed by atoms with Crippen LogP contribution in [0.3, 0.4) is 0 Å². The Morgan fingerprint density at radius 3 is 2.42 bits per heavy atom. The third-order valence-electron chi connectivity index (χ3n) is 7.18. The molecule has 2 heterocycles. The van der Waals surface area contributed by atoms with E-state index in [2.05, 4.69) is 11.9 Å². The van der Waals surface area contributed by atoms with Gasteiger partial charge >= 0.3 is 0 Å². The molecule has 1 aliphatic heterocycles. The highest BCUT2D eigenvalue weighted by Gasteiger charge is 2.45. The van der Waals surface area contributed by atoms with Crippen molar-refractivity contribution in [1.29, 1.82) is 0 Å². The molecule has 1 atom stereocenters. The number of ketones is 1. The molecule has 5 rings (SSSR count). The fourth-order valence-corrected chi connectivity index (χ4v) is 5.05. The molecule has 0 aliphatic carbocycles. The summed E-state index contributed by atoms with van der Waals surface area (Å²) in [5.74, 6) is -0.256. The van der Waals surface area contributed by atoms with Gasteiger partial charge in [-0.1, -0.05) is 43.3 Å².